The highest BCUT2D eigenvalue weighted by Gasteiger charge is 2.09. The average Bonchev–Trinajstić information content (AvgIpc) is 2.37. The molecule has 0 unspecified atom stereocenters. The minimum atomic E-state index is -0.583. The number of anilines is 2. The number of aromatic nitrogens is 2. The van der Waals surface area contributed by atoms with Crippen molar-refractivity contribution in [1.29, 1.82) is 5.26 Å². The van der Waals surface area contributed by atoms with Crippen molar-refractivity contribution in [3.63, 3.8) is 0 Å². The van der Waals surface area contributed by atoms with E-state index in [4.69, 9.17) is 11.0 Å². The lowest BCUT2D eigenvalue weighted by molar-refractivity contribution is 0.624. The van der Waals surface area contributed by atoms with Crippen LogP contribution in [0.4, 0.5) is 16.2 Å². The molecule has 0 saturated heterocycles. The molecule has 0 amide bonds. The summed E-state index contributed by atoms with van der Waals surface area (Å²) in [6.07, 6.45) is 0. The monoisotopic (exact) mass is 271 g/mol. The standard InChI is InChI=1S/C14H14FN5/c1-8(2)18-13-6-12(19-14(17)20-13)9-3-4-10(7-16)11(15)5-9/h3-6,8H,1-2H3,(H3,17,18,19,20). The van der Waals surface area contributed by atoms with Crippen LogP contribution in [0.1, 0.15) is 19.4 Å². The lowest BCUT2D eigenvalue weighted by Gasteiger charge is -2.11. The fourth-order valence-corrected chi connectivity index (χ4v) is 1.75. The van der Waals surface area contributed by atoms with E-state index in [-0.39, 0.29) is 17.6 Å². The molecular weight excluding hydrogens is 257 g/mol. The largest absolute Gasteiger partial charge is 0.368 e. The number of halogens is 1. The zero-order valence-electron chi connectivity index (χ0n) is 11.2. The van der Waals surface area contributed by atoms with Crippen molar-refractivity contribution in [3.8, 4) is 17.3 Å². The van der Waals surface area contributed by atoms with Gasteiger partial charge in [0, 0.05) is 17.7 Å². The number of hydrogen-bond acceptors (Lipinski definition) is 5. The van der Waals surface area contributed by atoms with E-state index >= 15 is 0 Å². The molecule has 3 N–H and O–H groups in total. The van der Waals surface area contributed by atoms with Crippen LogP contribution < -0.4 is 11.1 Å². The molecule has 5 nitrogen and oxygen atoms in total. The maximum absolute atomic E-state index is 13.6. The highest BCUT2D eigenvalue weighted by Crippen LogP contribution is 2.23. The van der Waals surface area contributed by atoms with Crippen LogP contribution in [0.25, 0.3) is 11.3 Å². The first kappa shape index (κ1) is 13.7. The first-order chi connectivity index (χ1) is 9.49. The van der Waals surface area contributed by atoms with Crippen LogP contribution in [0.5, 0.6) is 0 Å². The Morgan fingerprint density at radius 2 is 2.05 bits per heavy atom. The van der Waals surface area contributed by atoms with E-state index in [1.54, 1.807) is 18.2 Å². The minimum absolute atomic E-state index is 0.00342. The van der Waals surface area contributed by atoms with Gasteiger partial charge in [0.25, 0.3) is 0 Å². The fourth-order valence-electron chi connectivity index (χ4n) is 1.75. The van der Waals surface area contributed by atoms with Crippen molar-refractivity contribution in [3.05, 3.63) is 35.6 Å². The van der Waals surface area contributed by atoms with Gasteiger partial charge >= 0.3 is 0 Å². The van der Waals surface area contributed by atoms with Crippen molar-refractivity contribution in [1.82, 2.24) is 9.97 Å². The molecule has 0 saturated carbocycles. The molecule has 2 rings (SSSR count). The van der Waals surface area contributed by atoms with Gasteiger partial charge < -0.3 is 11.1 Å². The Bertz CT molecular complexity index is 676. The van der Waals surface area contributed by atoms with Crippen molar-refractivity contribution in [2.75, 3.05) is 11.1 Å². The Hall–Kier alpha value is -2.68. The number of benzene rings is 1. The second-order valence-electron chi connectivity index (χ2n) is 4.60. The van der Waals surface area contributed by atoms with E-state index in [9.17, 15) is 4.39 Å². The minimum Gasteiger partial charge on any atom is -0.368 e. The van der Waals surface area contributed by atoms with Gasteiger partial charge in [-0.2, -0.15) is 10.2 Å². The number of rotatable bonds is 3. The molecular formula is C14H14FN5. The Labute approximate surface area is 116 Å². The zero-order valence-corrected chi connectivity index (χ0v) is 11.2. The number of nitrogens with zero attached hydrogens (tertiary/aromatic N) is 3. The summed E-state index contributed by atoms with van der Waals surface area (Å²) in [4.78, 5) is 8.15. The van der Waals surface area contributed by atoms with Crippen LogP contribution in [0.15, 0.2) is 24.3 Å². The fraction of sp³-hybridized carbons (Fsp3) is 0.214. The number of nitrogens with two attached hydrogens (primary N) is 1. The van der Waals surface area contributed by atoms with Gasteiger partial charge in [-0.3, -0.25) is 0 Å². The number of nitrogen functional groups attached to an aromatic ring is 1. The van der Waals surface area contributed by atoms with Crippen molar-refractivity contribution >= 4 is 11.8 Å². The molecule has 0 fully saturated rings. The van der Waals surface area contributed by atoms with Crippen LogP contribution in [-0.2, 0) is 0 Å². The molecule has 0 bridgehead atoms. The second kappa shape index (κ2) is 5.53. The Morgan fingerprint density at radius 3 is 2.65 bits per heavy atom. The number of nitrogens with one attached hydrogen (secondary N) is 1. The summed E-state index contributed by atoms with van der Waals surface area (Å²) in [6.45, 7) is 3.94. The molecule has 2 aromatic rings. The van der Waals surface area contributed by atoms with Crippen molar-refractivity contribution < 1.29 is 4.39 Å². The molecule has 0 spiro atoms. The van der Waals surface area contributed by atoms with Crippen LogP contribution in [0, 0.1) is 17.1 Å². The third-order valence-electron chi connectivity index (χ3n) is 2.57. The first-order valence-corrected chi connectivity index (χ1v) is 6.10. The van der Waals surface area contributed by atoms with Crippen LogP contribution in [0.2, 0.25) is 0 Å². The quantitative estimate of drug-likeness (QED) is 0.895. The summed E-state index contributed by atoms with van der Waals surface area (Å²) in [6, 6.07) is 7.97. The van der Waals surface area contributed by atoms with Gasteiger partial charge in [-0.05, 0) is 26.0 Å². The van der Waals surface area contributed by atoms with Gasteiger partial charge in [-0.25, -0.2) is 9.37 Å². The molecule has 20 heavy (non-hydrogen) atoms. The molecule has 0 aliphatic heterocycles. The molecule has 102 valence electrons. The molecule has 0 aliphatic carbocycles. The summed E-state index contributed by atoms with van der Waals surface area (Å²) < 4.78 is 13.6. The van der Waals surface area contributed by atoms with Gasteiger partial charge in [-0.15, -0.1) is 0 Å². The zero-order chi connectivity index (χ0) is 14.7. The maximum atomic E-state index is 13.6. The van der Waals surface area contributed by atoms with Gasteiger partial charge in [0.2, 0.25) is 5.95 Å². The molecule has 0 radical (unpaired) electrons. The summed E-state index contributed by atoms with van der Waals surface area (Å²) in [5, 5.41) is 11.8. The predicted octanol–water partition coefficient (Wildman–Crippen LogP) is 2.56. The van der Waals surface area contributed by atoms with Crippen LogP contribution in [-0.4, -0.2) is 16.0 Å². The van der Waals surface area contributed by atoms with E-state index in [2.05, 4.69) is 15.3 Å². The normalized spacial score (nSPS) is 10.3. The highest BCUT2D eigenvalue weighted by atomic mass is 19.1. The summed E-state index contributed by atoms with van der Waals surface area (Å²) in [5.74, 6) is 0.100. The molecule has 1 heterocycles. The van der Waals surface area contributed by atoms with E-state index in [1.807, 2.05) is 13.8 Å². The van der Waals surface area contributed by atoms with Gasteiger partial charge in [-0.1, -0.05) is 6.07 Å². The highest BCUT2D eigenvalue weighted by molar-refractivity contribution is 5.65. The van der Waals surface area contributed by atoms with Crippen LogP contribution in [0.3, 0.4) is 0 Å². The van der Waals surface area contributed by atoms with Gasteiger partial charge in [0.1, 0.15) is 17.7 Å². The Morgan fingerprint density at radius 1 is 1.30 bits per heavy atom. The maximum Gasteiger partial charge on any atom is 0.222 e. The molecule has 0 atom stereocenters. The lowest BCUT2D eigenvalue weighted by Crippen LogP contribution is -2.12. The topological polar surface area (TPSA) is 87.6 Å². The number of hydrogen-bond donors (Lipinski definition) is 2. The van der Waals surface area contributed by atoms with Crippen molar-refractivity contribution in [2.24, 2.45) is 0 Å². The average molecular weight is 271 g/mol. The smallest absolute Gasteiger partial charge is 0.222 e. The SMILES string of the molecule is CC(C)Nc1cc(-c2ccc(C#N)c(F)c2)nc(N)n1. The van der Waals surface area contributed by atoms with E-state index < -0.39 is 5.82 Å². The second-order valence-corrected chi connectivity index (χ2v) is 4.60. The molecule has 1 aromatic heterocycles. The Balaban J connectivity index is 2.44. The van der Waals surface area contributed by atoms with Crippen LogP contribution >= 0.6 is 0 Å². The van der Waals surface area contributed by atoms with E-state index in [0.717, 1.165) is 0 Å². The number of nitriles is 1. The molecule has 6 heteroatoms. The lowest BCUT2D eigenvalue weighted by atomic mass is 10.1. The first-order valence-electron chi connectivity index (χ1n) is 6.10. The summed E-state index contributed by atoms with van der Waals surface area (Å²) >= 11 is 0. The third-order valence-corrected chi connectivity index (χ3v) is 2.57. The summed E-state index contributed by atoms with van der Waals surface area (Å²) in [5.41, 5.74) is 6.70. The van der Waals surface area contributed by atoms with Gasteiger partial charge in [0.15, 0.2) is 0 Å². The van der Waals surface area contributed by atoms with Crippen molar-refractivity contribution in [2.45, 2.75) is 19.9 Å². The predicted molar refractivity (Wildman–Crippen MR) is 75.3 cm³/mol. The van der Waals surface area contributed by atoms with E-state index in [0.29, 0.717) is 17.1 Å². The molecule has 1 aromatic carbocycles. The summed E-state index contributed by atoms with van der Waals surface area (Å²) in [7, 11) is 0. The van der Waals surface area contributed by atoms with E-state index in [1.165, 1.54) is 12.1 Å². The van der Waals surface area contributed by atoms with Gasteiger partial charge in [0.05, 0.1) is 11.3 Å². The molecule has 0 aliphatic rings. The third kappa shape index (κ3) is 3.01. The Kier molecular flexibility index (Phi) is 3.80.